The monoisotopic (exact) mass is 245 g/mol. The fourth-order valence-corrected chi connectivity index (χ4v) is 1.67. The van der Waals surface area contributed by atoms with Crippen LogP contribution in [0.4, 0.5) is 0 Å². The van der Waals surface area contributed by atoms with Crippen molar-refractivity contribution in [2.75, 3.05) is 6.61 Å². The summed E-state index contributed by atoms with van der Waals surface area (Å²) in [6.45, 7) is 3.78. The predicted octanol–water partition coefficient (Wildman–Crippen LogP) is 2.57. The van der Waals surface area contributed by atoms with Gasteiger partial charge in [0.15, 0.2) is 6.10 Å². The Hall–Kier alpha value is -2.10. The van der Waals surface area contributed by atoms with Crippen molar-refractivity contribution >= 4 is 16.9 Å². The number of para-hydroxylation sites is 1. The molecule has 0 aliphatic rings. The van der Waals surface area contributed by atoms with E-state index in [-0.39, 0.29) is 5.97 Å². The summed E-state index contributed by atoms with van der Waals surface area (Å²) in [6.07, 6.45) is 1.06. The van der Waals surface area contributed by atoms with E-state index in [1.807, 2.05) is 24.3 Å². The lowest BCUT2D eigenvalue weighted by molar-refractivity contribution is -0.150. The molecule has 1 atom stereocenters. The number of fused-ring (bicyclic) bond motifs is 1. The van der Waals surface area contributed by atoms with Gasteiger partial charge in [-0.05, 0) is 26.0 Å². The Kier molecular flexibility index (Phi) is 3.77. The Morgan fingerprint density at radius 1 is 1.33 bits per heavy atom. The molecule has 0 bridgehead atoms. The molecule has 2 rings (SSSR count). The van der Waals surface area contributed by atoms with Crippen LogP contribution in [-0.2, 0) is 9.53 Å². The van der Waals surface area contributed by atoms with Crippen LogP contribution in [0.5, 0.6) is 5.75 Å². The molecule has 0 saturated heterocycles. The zero-order valence-electron chi connectivity index (χ0n) is 10.4. The standard InChI is InChI=1S/C14H15NO3/c1-3-17-14(16)10(2)18-12-8-4-6-11-7-5-9-15-13(11)12/h4-10H,3H2,1-2H3. The minimum atomic E-state index is -0.641. The van der Waals surface area contributed by atoms with Crippen LogP contribution in [0.25, 0.3) is 10.9 Å². The van der Waals surface area contributed by atoms with Crippen LogP contribution in [0.3, 0.4) is 0 Å². The quantitative estimate of drug-likeness (QED) is 0.777. The zero-order chi connectivity index (χ0) is 13.0. The molecular formula is C14H15NO3. The van der Waals surface area contributed by atoms with Crippen molar-refractivity contribution in [3.63, 3.8) is 0 Å². The minimum absolute atomic E-state index is 0.348. The Bertz CT molecular complexity index is 548. The fourth-order valence-electron chi connectivity index (χ4n) is 1.67. The molecule has 1 aromatic carbocycles. The number of esters is 1. The van der Waals surface area contributed by atoms with Gasteiger partial charge in [0.2, 0.25) is 0 Å². The minimum Gasteiger partial charge on any atom is -0.477 e. The van der Waals surface area contributed by atoms with Crippen molar-refractivity contribution in [1.29, 1.82) is 0 Å². The van der Waals surface area contributed by atoms with Crippen molar-refractivity contribution in [2.24, 2.45) is 0 Å². The first-order valence-corrected chi connectivity index (χ1v) is 5.89. The first-order chi connectivity index (χ1) is 8.72. The average Bonchev–Trinajstić information content (AvgIpc) is 2.39. The number of benzene rings is 1. The lowest BCUT2D eigenvalue weighted by Gasteiger charge is -2.14. The van der Waals surface area contributed by atoms with E-state index in [4.69, 9.17) is 9.47 Å². The third-order valence-electron chi connectivity index (χ3n) is 2.52. The van der Waals surface area contributed by atoms with Gasteiger partial charge in [0, 0.05) is 11.6 Å². The van der Waals surface area contributed by atoms with Gasteiger partial charge in [-0.25, -0.2) is 4.79 Å². The summed E-state index contributed by atoms with van der Waals surface area (Å²) in [5, 5.41) is 0.978. The number of hydrogen-bond donors (Lipinski definition) is 0. The molecule has 94 valence electrons. The first kappa shape index (κ1) is 12.4. The highest BCUT2D eigenvalue weighted by Gasteiger charge is 2.16. The van der Waals surface area contributed by atoms with E-state index in [2.05, 4.69) is 4.98 Å². The van der Waals surface area contributed by atoms with Gasteiger partial charge in [-0.3, -0.25) is 4.98 Å². The molecule has 0 saturated carbocycles. The summed E-state index contributed by atoms with van der Waals surface area (Å²) in [5.74, 6) is 0.221. The smallest absolute Gasteiger partial charge is 0.347 e. The summed E-state index contributed by atoms with van der Waals surface area (Å²) < 4.78 is 10.5. The van der Waals surface area contributed by atoms with E-state index in [1.165, 1.54) is 0 Å². The maximum atomic E-state index is 11.5. The maximum Gasteiger partial charge on any atom is 0.347 e. The summed E-state index contributed by atoms with van der Waals surface area (Å²) in [5.41, 5.74) is 0.746. The van der Waals surface area contributed by atoms with E-state index in [0.717, 1.165) is 10.9 Å². The molecule has 2 aromatic rings. The molecule has 1 heterocycles. The van der Waals surface area contributed by atoms with Gasteiger partial charge in [0.25, 0.3) is 0 Å². The predicted molar refractivity (Wildman–Crippen MR) is 68.5 cm³/mol. The third-order valence-corrected chi connectivity index (χ3v) is 2.52. The second kappa shape index (κ2) is 5.49. The highest BCUT2D eigenvalue weighted by molar-refractivity contribution is 5.84. The summed E-state index contributed by atoms with van der Waals surface area (Å²) in [4.78, 5) is 15.8. The third kappa shape index (κ3) is 2.59. The van der Waals surface area contributed by atoms with Crippen molar-refractivity contribution in [3.8, 4) is 5.75 Å². The van der Waals surface area contributed by atoms with Gasteiger partial charge >= 0.3 is 5.97 Å². The number of aromatic nitrogens is 1. The van der Waals surface area contributed by atoms with E-state index < -0.39 is 6.10 Å². The number of carbonyl (C=O) groups excluding carboxylic acids is 1. The number of carbonyl (C=O) groups is 1. The van der Waals surface area contributed by atoms with Gasteiger partial charge in [0.1, 0.15) is 11.3 Å². The van der Waals surface area contributed by atoms with E-state index >= 15 is 0 Å². The summed E-state index contributed by atoms with van der Waals surface area (Å²) >= 11 is 0. The van der Waals surface area contributed by atoms with Crippen molar-refractivity contribution in [3.05, 3.63) is 36.5 Å². The normalized spacial score (nSPS) is 12.1. The summed E-state index contributed by atoms with van der Waals surface area (Å²) in [7, 11) is 0. The second-order valence-electron chi connectivity index (χ2n) is 3.84. The molecule has 0 aliphatic carbocycles. The van der Waals surface area contributed by atoms with Gasteiger partial charge in [-0.2, -0.15) is 0 Å². The molecule has 4 heteroatoms. The zero-order valence-corrected chi connectivity index (χ0v) is 10.4. The topological polar surface area (TPSA) is 48.4 Å². The number of pyridine rings is 1. The van der Waals surface area contributed by atoms with Crippen molar-refractivity contribution in [2.45, 2.75) is 20.0 Å². The first-order valence-electron chi connectivity index (χ1n) is 5.89. The molecule has 4 nitrogen and oxygen atoms in total. The lowest BCUT2D eigenvalue weighted by atomic mass is 10.2. The Labute approximate surface area is 106 Å². The van der Waals surface area contributed by atoms with Gasteiger partial charge < -0.3 is 9.47 Å². The molecular weight excluding hydrogens is 230 g/mol. The van der Waals surface area contributed by atoms with Crippen LogP contribution in [0.15, 0.2) is 36.5 Å². The second-order valence-corrected chi connectivity index (χ2v) is 3.84. The van der Waals surface area contributed by atoms with E-state index in [9.17, 15) is 4.79 Å². The van der Waals surface area contributed by atoms with Crippen LogP contribution in [0.2, 0.25) is 0 Å². The highest BCUT2D eigenvalue weighted by Crippen LogP contribution is 2.24. The number of rotatable bonds is 4. The SMILES string of the molecule is CCOC(=O)C(C)Oc1cccc2cccnc12. The number of hydrogen-bond acceptors (Lipinski definition) is 4. The Morgan fingerprint density at radius 3 is 2.89 bits per heavy atom. The number of nitrogens with zero attached hydrogens (tertiary/aromatic N) is 1. The van der Waals surface area contributed by atoms with Crippen LogP contribution < -0.4 is 4.74 Å². The molecule has 0 N–H and O–H groups in total. The van der Waals surface area contributed by atoms with Crippen molar-refractivity contribution < 1.29 is 14.3 Å². The molecule has 0 radical (unpaired) electrons. The van der Waals surface area contributed by atoms with Gasteiger partial charge in [0.05, 0.1) is 6.61 Å². The molecule has 1 aromatic heterocycles. The fraction of sp³-hybridized carbons (Fsp3) is 0.286. The Morgan fingerprint density at radius 2 is 2.11 bits per heavy atom. The Balaban J connectivity index is 2.24. The molecule has 1 unspecified atom stereocenters. The van der Waals surface area contributed by atoms with Gasteiger partial charge in [-0.15, -0.1) is 0 Å². The lowest BCUT2D eigenvalue weighted by Crippen LogP contribution is -2.26. The number of ether oxygens (including phenoxy) is 2. The molecule has 0 fully saturated rings. The highest BCUT2D eigenvalue weighted by atomic mass is 16.6. The van der Waals surface area contributed by atoms with Crippen LogP contribution in [-0.4, -0.2) is 23.7 Å². The maximum absolute atomic E-state index is 11.5. The van der Waals surface area contributed by atoms with Crippen LogP contribution >= 0.6 is 0 Å². The average molecular weight is 245 g/mol. The molecule has 0 spiro atoms. The van der Waals surface area contributed by atoms with Crippen LogP contribution in [0, 0.1) is 0 Å². The molecule has 0 aliphatic heterocycles. The summed E-state index contributed by atoms with van der Waals surface area (Å²) in [6, 6.07) is 9.43. The van der Waals surface area contributed by atoms with E-state index in [1.54, 1.807) is 26.1 Å². The molecule has 18 heavy (non-hydrogen) atoms. The van der Waals surface area contributed by atoms with Crippen LogP contribution in [0.1, 0.15) is 13.8 Å². The van der Waals surface area contributed by atoms with Gasteiger partial charge in [-0.1, -0.05) is 18.2 Å². The van der Waals surface area contributed by atoms with Crippen molar-refractivity contribution in [1.82, 2.24) is 4.98 Å². The van der Waals surface area contributed by atoms with E-state index in [0.29, 0.717) is 12.4 Å². The molecule has 0 amide bonds. The largest absolute Gasteiger partial charge is 0.477 e.